The largest absolute Gasteiger partial charge is 0.507 e. The van der Waals surface area contributed by atoms with Crippen molar-refractivity contribution in [2.24, 2.45) is 0 Å². The second-order valence-corrected chi connectivity index (χ2v) is 9.22. The molecule has 0 radical (unpaired) electrons. The van der Waals surface area contributed by atoms with Crippen molar-refractivity contribution in [1.82, 2.24) is 20.2 Å². The second-order valence-electron chi connectivity index (χ2n) is 9.22. The number of aromatic hydroxyl groups is 1. The number of benzene rings is 2. The molecule has 0 spiro atoms. The monoisotopic (exact) mass is 493 g/mol. The summed E-state index contributed by atoms with van der Waals surface area (Å²) in [5.41, 5.74) is 1.11. The van der Waals surface area contributed by atoms with Gasteiger partial charge in [-0.25, -0.2) is 4.98 Å². The summed E-state index contributed by atoms with van der Waals surface area (Å²) in [4.78, 5) is 23.2. The molecular formula is C26H22F3N5O2. The Morgan fingerprint density at radius 2 is 1.78 bits per heavy atom. The van der Waals surface area contributed by atoms with Crippen molar-refractivity contribution in [2.45, 2.75) is 32.4 Å². The number of phenolic OH excluding ortho intramolecular Hbond substituents is 1. The first-order chi connectivity index (χ1) is 17.2. The molecule has 3 N–H and O–H groups in total. The summed E-state index contributed by atoms with van der Waals surface area (Å²) in [6.45, 7) is 3.71. The molecule has 0 atom stereocenters. The van der Waals surface area contributed by atoms with Gasteiger partial charge in [0.15, 0.2) is 5.65 Å². The van der Waals surface area contributed by atoms with Crippen molar-refractivity contribution in [1.29, 1.82) is 0 Å². The van der Waals surface area contributed by atoms with Crippen molar-refractivity contribution in [3.05, 3.63) is 58.0 Å². The van der Waals surface area contributed by atoms with Crippen LogP contribution < -0.4 is 10.5 Å². The van der Waals surface area contributed by atoms with Crippen molar-refractivity contribution < 1.29 is 18.3 Å². The highest BCUT2D eigenvalue weighted by Crippen LogP contribution is 2.40. The molecule has 0 aliphatic carbocycles. The molecule has 1 saturated heterocycles. The van der Waals surface area contributed by atoms with E-state index in [0.717, 1.165) is 49.1 Å². The van der Waals surface area contributed by atoms with Crippen LogP contribution in [0.15, 0.2) is 41.2 Å². The lowest BCUT2D eigenvalue weighted by atomic mass is 9.97. The van der Waals surface area contributed by atoms with Gasteiger partial charge in [0.2, 0.25) is 0 Å². The summed E-state index contributed by atoms with van der Waals surface area (Å²) in [5.74, 6) is -0.892. The number of hydrogen-bond donors (Lipinski definition) is 3. The SMILES string of the molecule is Cc1[nH]nc2nc(-c3ccc(O)c(C(F)(F)F)c3)c3c(=O)[nH]c4cc(N5CCCCC5)ccc4c3c12. The van der Waals surface area contributed by atoms with E-state index in [1.54, 1.807) is 0 Å². The van der Waals surface area contributed by atoms with Crippen LogP contribution in [0.2, 0.25) is 0 Å². The molecule has 1 aliphatic heterocycles. The average Bonchev–Trinajstić information content (AvgIpc) is 3.23. The average molecular weight is 493 g/mol. The fraction of sp³-hybridized carbons (Fsp3) is 0.269. The number of anilines is 1. The Labute approximate surface area is 202 Å². The molecule has 0 unspecified atom stereocenters. The van der Waals surface area contributed by atoms with E-state index in [4.69, 9.17) is 0 Å². The molecule has 36 heavy (non-hydrogen) atoms. The van der Waals surface area contributed by atoms with Gasteiger partial charge in [-0.15, -0.1) is 0 Å². The van der Waals surface area contributed by atoms with E-state index in [2.05, 4.69) is 25.1 Å². The minimum Gasteiger partial charge on any atom is -0.507 e. The highest BCUT2D eigenvalue weighted by molar-refractivity contribution is 6.21. The van der Waals surface area contributed by atoms with Gasteiger partial charge >= 0.3 is 6.18 Å². The Bertz CT molecular complexity index is 1720. The fourth-order valence-corrected chi connectivity index (χ4v) is 5.20. The van der Waals surface area contributed by atoms with Crippen LogP contribution in [0.1, 0.15) is 30.5 Å². The molecule has 5 aromatic rings. The van der Waals surface area contributed by atoms with E-state index in [1.807, 2.05) is 25.1 Å². The number of aryl methyl sites for hydroxylation is 1. The number of phenols is 1. The van der Waals surface area contributed by atoms with Crippen LogP contribution in [0.4, 0.5) is 18.9 Å². The predicted octanol–water partition coefficient (Wildman–Crippen LogP) is 5.64. The van der Waals surface area contributed by atoms with Gasteiger partial charge in [-0.05, 0) is 56.5 Å². The van der Waals surface area contributed by atoms with E-state index in [0.29, 0.717) is 27.6 Å². The zero-order valence-corrected chi connectivity index (χ0v) is 19.3. The normalized spacial score (nSPS) is 14.8. The molecule has 6 rings (SSSR count). The summed E-state index contributed by atoms with van der Waals surface area (Å²) in [5, 5.41) is 19.1. The summed E-state index contributed by atoms with van der Waals surface area (Å²) in [6.07, 6.45) is -1.34. The van der Waals surface area contributed by atoms with Crippen molar-refractivity contribution in [3.8, 4) is 17.0 Å². The lowest BCUT2D eigenvalue weighted by Gasteiger charge is -2.29. The number of halogens is 3. The maximum atomic E-state index is 13.5. The van der Waals surface area contributed by atoms with Crippen molar-refractivity contribution in [2.75, 3.05) is 18.0 Å². The predicted molar refractivity (Wildman–Crippen MR) is 132 cm³/mol. The van der Waals surface area contributed by atoms with E-state index in [9.17, 15) is 23.1 Å². The minimum absolute atomic E-state index is 0.0578. The van der Waals surface area contributed by atoms with Gasteiger partial charge in [-0.3, -0.25) is 9.89 Å². The molecule has 2 aromatic carbocycles. The number of aromatic amines is 2. The summed E-state index contributed by atoms with van der Waals surface area (Å²) < 4.78 is 40.6. The third-order valence-corrected chi connectivity index (χ3v) is 6.93. The van der Waals surface area contributed by atoms with E-state index < -0.39 is 23.0 Å². The molecule has 7 nitrogen and oxygen atoms in total. The Hall–Kier alpha value is -4.08. The van der Waals surface area contributed by atoms with Gasteiger partial charge in [-0.1, -0.05) is 6.07 Å². The number of pyridine rings is 2. The van der Waals surface area contributed by atoms with Gasteiger partial charge in [-0.2, -0.15) is 18.3 Å². The minimum atomic E-state index is -4.77. The number of hydrogen-bond acceptors (Lipinski definition) is 5. The third kappa shape index (κ3) is 3.47. The molecule has 0 amide bonds. The number of nitrogens with zero attached hydrogens (tertiary/aromatic N) is 3. The van der Waals surface area contributed by atoms with Crippen molar-refractivity contribution in [3.63, 3.8) is 0 Å². The quantitative estimate of drug-likeness (QED) is 0.277. The van der Waals surface area contributed by atoms with E-state index in [-0.39, 0.29) is 16.6 Å². The first-order valence-electron chi connectivity index (χ1n) is 11.7. The number of rotatable bonds is 2. The van der Waals surface area contributed by atoms with Gasteiger partial charge in [0, 0.05) is 40.8 Å². The fourth-order valence-electron chi connectivity index (χ4n) is 5.20. The molecule has 1 aliphatic rings. The number of alkyl halides is 3. The Morgan fingerprint density at radius 3 is 2.53 bits per heavy atom. The van der Waals surface area contributed by atoms with Crippen molar-refractivity contribution >= 4 is 38.4 Å². The first-order valence-corrected chi connectivity index (χ1v) is 11.7. The molecule has 0 saturated carbocycles. The van der Waals surface area contributed by atoms with Gasteiger partial charge in [0.1, 0.15) is 5.75 Å². The lowest BCUT2D eigenvalue weighted by molar-refractivity contribution is -0.138. The number of nitrogens with one attached hydrogen (secondary N) is 2. The Kier molecular flexibility index (Phi) is 4.96. The van der Waals surface area contributed by atoms with Crippen LogP contribution in [-0.4, -0.2) is 38.4 Å². The summed E-state index contributed by atoms with van der Waals surface area (Å²) in [7, 11) is 0. The smallest absolute Gasteiger partial charge is 0.419 e. The van der Waals surface area contributed by atoms with Crippen LogP contribution >= 0.6 is 0 Å². The van der Waals surface area contributed by atoms with Gasteiger partial charge < -0.3 is 15.0 Å². The summed E-state index contributed by atoms with van der Waals surface area (Å²) in [6, 6.07) is 8.99. The number of aromatic nitrogens is 4. The van der Waals surface area contributed by atoms with E-state index in [1.165, 1.54) is 12.5 Å². The van der Waals surface area contributed by atoms with Crippen LogP contribution in [0, 0.1) is 6.92 Å². The molecule has 3 aromatic heterocycles. The second kappa shape index (κ2) is 7.97. The van der Waals surface area contributed by atoms with Gasteiger partial charge in [0.25, 0.3) is 5.56 Å². The first kappa shape index (κ1) is 22.4. The highest BCUT2D eigenvalue weighted by atomic mass is 19.4. The molecular weight excluding hydrogens is 471 g/mol. The molecule has 0 bridgehead atoms. The topological polar surface area (TPSA) is 97.9 Å². The standard InChI is InChI=1S/C26H22F3N5O2/c1-13-20-21-16-7-6-15(34-9-3-2-4-10-34)12-18(16)30-25(36)22(21)23(31-24(20)33-32-13)14-5-8-19(35)17(11-14)26(27,28)29/h5-8,11-12,35H,2-4,9-10H2,1H3,(H,30,36)(H,31,32,33). The molecule has 10 heteroatoms. The molecule has 184 valence electrons. The summed E-state index contributed by atoms with van der Waals surface area (Å²) >= 11 is 0. The van der Waals surface area contributed by atoms with E-state index >= 15 is 0 Å². The zero-order valence-electron chi connectivity index (χ0n) is 19.3. The Balaban J connectivity index is 1.68. The maximum Gasteiger partial charge on any atom is 0.419 e. The number of H-pyrrole nitrogens is 2. The van der Waals surface area contributed by atoms with Gasteiger partial charge in [0.05, 0.1) is 27.5 Å². The van der Waals surface area contributed by atoms with Crippen LogP contribution in [0.25, 0.3) is 44.0 Å². The van der Waals surface area contributed by atoms with Crippen LogP contribution in [0.3, 0.4) is 0 Å². The number of piperidine rings is 1. The zero-order chi connectivity index (χ0) is 25.2. The van der Waals surface area contributed by atoms with Crippen LogP contribution in [-0.2, 0) is 6.18 Å². The maximum absolute atomic E-state index is 13.5. The van der Waals surface area contributed by atoms with Crippen LogP contribution in [0.5, 0.6) is 5.75 Å². The Morgan fingerprint density at radius 1 is 1.00 bits per heavy atom. The third-order valence-electron chi connectivity index (χ3n) is 6.93. The molecule has 4 heterocycles. The highest BCUT2D eigenvalue weighted by Gasteiger charge is 2.34. The molecule has 1 fully saturated rings. The lowest BCUT2D eigenvalue weighted by Crippen LogP contribution is -2.29. The number of fused-ring (bicyclic) bond motifs is 5.